The minimum atomic E-state index is -4.05. The average Bonchev–Trinajstić information content (AvgIpc) is 3.03. The highest BCUT2D eigenvalue weighted by molar-refractivity contribution is 7.91. The number of carbonyl (C=O) groups is 2. The third kappa shape index (κ3) is 5.38. The molecule has 3 N–H and O–H groups in total. The van der Waals surface area contributed by atoms with Crippen LogP contribution in [0.5, 0.6) is 5.75 Å². The molecule has 0 fully saturated rings. The van der Waals surface area contributed by atoms with Gasteiger partial charge in [-0.15, -0.1) is 0 Å². The van der Waals surface area contributed by atoms with Crippen molar-refractivity contribution in [2.75, 3.05) is 11.4 Å². The summed E-state index contributed by atoms with van der Waals surface area (Å²) in [6.07, 6.45) is 2.38. The molecule has 1 amide bonds. The summed E-state index contributed by atoms with van der Waals surface area (Å²) in [5.74, 6) is -1.60. The highest BCUT2D eigenvalue weighted by atomic mass is 32.2. The topological polar surface area (TPSA) is 134 Å². The Hall–Kier alpha value is -3.99. The van der Waals surface area contributed by atoms with Crippen molar-refractivity contribution in [1.82, 2.24) is 10.0 Å². The summed E-state index contributed by atoms with van der Waals surface area (Å²) >= 11 is 0. The smallest absolute Gasteiger partial charge is 0.354 e. The fourth-order valence-corrected chi connectivity index (χ4v) is 3.92. The number of nitrogens with one attached hydrogen (secondary N) is 2. The third-order valence-corrected chi connectivity index (χ3v) is 5.50. The number of nitrogens with zero attached hydrogens (tertiary/aromatic N) is 1. The Kier molecular flexibility index (Phi) is 6.69. The van der Waals surface area contributed by atoms with Crippen molar-refractivity contribution in [3.63, 3.8) is 0 Å². The maximum absolute atomic E-state index is 12.3. The first-order valence-corrected chi connectivity index (χ1v) is 10.7. The first-order valence-electron chi connectivity index (χ1n) is 9.31. The summed E-state index contributed by atoms with van der Waals surface area (Å²) in [6, 6.07) is 13.7. The van der Waals surface area contributed by atoms with Gasteiger partial charge in [0.1, 0.15) is 23.7 Å². The largest absolute Gasteiger partial charge is 0.493 e. The van der Waals surface area contributed by atoms with E-state index in [0.717, 1.165) is 16.1 Å². The maximum Gasteiger partial charge on any atom is 0.354 e. The summed E-state index contributed by atoms with van der Waals surface area (Å²) in [4.78, 5) is 23.4. The number of rotatable bonds is 7. The summed E-state index contributed by atoms with van der Waals surface area (Å²) in [6.45, 7) is 1.38. The highest BCUT2D eigenvalue weighted by Crippen LogP contribution is 2.34. The lowest BCUT2D eigenvalue weighted by molar-refractivity contribution is -0.137. The molecule has 0 saturated carbocycles. The van der Waals surface area contributed by atoms with Crippen LogP contribution in [-0.2, 0) is 31.1 Å². The Bertz CT molecular complexity index is 1190. The second kappa shape index (κ2) is 9.43. The SMILES string of the molecule is COC(=O)C(=Cc1ccc(N2C=C(O)NS2(=O)=O)c(OCc2ccccc2)c1)NC(C)=O. The van der Waals surface area contributed by atoms with E-state index in [4.69, 9.17) is 4.74 Å². The zero-order valence-electron chi connectivity index (χ0n) is 17.2. The molecule has 0 aromatic heterocycles. The van der Waals surface area contributed by atoms with E-state index in [1.54, 1.807) is 0 Å². The van der Waals surface area contributed by atoms with Gasteiger partial charge in [-0.3, -0.25) is 4.79 Å². The van der Waals surface area contributed by atoms with Gasteiger partial charge in [0.05, 0.1) is 13.3 Å². The summed E-state index contributed by atoms with van der Waals surface area (Å²) in [5.41, 5.74) is 1.31. The predicted octanol–water partition coefficient (Wildman–Crippen LogP) is 1.93. The average molecular weight is 459 g/mol. The predicted molar refractivity (Wildman–Crippen MR) is 116 cm³/mol. The lowest BCUT2D eigenvalue weighted by Crippen LogP contribution is -2.30. The molecule has 1 aliphatic rings. The van der Waals surface area contributed by atoms with E-state index in [1.165, 1.54) is 38.3 Å². The second-order valence-corrected chi connectivity index (χ2v) is 8.20. The van der Waals surface area contributed by atoms with Crippen LogP contribution in [0.15, 0.2) is 66.3 Å². The molecule has 0 atom stereocenters. The lowest BCUT2D eigenvalue weighted by Gasteiger charge is -2.19. The minimum absolute atomic E-state index is 0.102. The molecular formula is C21H21N3O7S. The van der Waals surface area contributed by atoms with Gasteiger partial charge in [-0.1, -0.05) is 36.4 Å². The Balaban J connectivity index is 2.03. The van der Waals surface area contributed by atoms with Crippen molar-refractivity contribution < 1.29 is 32.6 Å². The molecule has 2 aromatic carbocycles. The van der Waals surface area contributed by atoms with Crippen LogP contribution >= 0.6 is 0 Å². The zero-order valence-corrected chi connectivity index (χ0v) is 18.0. The molecule has 0 radical (unpaired) electrons. The van der Waals surface area contributed by atoms with Crippen LogP contribution in [-0.4, -0.2) is 32.5 Å². The molecule has 11 heteroatoms. The lowest BCUT2D eigenvalue weighted by atomic mass is 10.1. The Morgan fingerprint density at radius 1 is 1.19 bits per heavy atom. The van der Waals surface area contributed by atoms with Crippen LogP contribution in [0, 0.1) is 0 Å². The number of methoxy groups -OCH3 is 1. The van der Waals surface area contributed by atoms with Crippen LogP contribution in [0.2, 0.25) is 0 Å². The number of ether oxygens (including phenoxy) is 2. The number of hydrogen-bond donors (Lipinski definition) is 3. The van der Waals surface area contributed by atoms with Gasteiger partial charge in [0.15, 0.2) is 0 Å². The van der Waals surface area contributed by atoms with Gasteiger partial charge in [-0.05, 0) is 29.3 Å². The third-order valence-electron chi connectivity index (χ3n) is 4.22. The van der Waals surface area contributed by atoms with Crippen molar-refractivity contribution in [3.05, 3.63) is 77.4 Å². The Morgan fingerprint density at radius 2 is 1.91 bits per heavy atom. The number of amides is 1. The molecule has 1 aliphatic heterocycles. The van der Waals surface area contributed by atoms with E-state index in [2.05, 4.69) is 10.1 Å². The highest BCUT2D eigenvalue weighted by Gasteiger charge is 2.31. The van der Waals surface area contributed by atoms with Crippen molar-refractivity contribution in [2.45, 2.75) is 13.5 Å². The number of aliphatic hydroxyl groups excluding tert-OH is 1. The van der Waals surface area contributed by atoms with Crippen LogP contribution in [0.3, 0.4) is 0 Å². The fraction of sp³-hybridized carbons (Fsp3) is 0.143. The van der Waals surface area contributed by atoms with E-state index in [0.29, 0.717) is 5.56 Å². The monoisotopic (exact) mass is 459 g/mol. The van der Waals surface area contributed by atoms with Crippen LogP contribution < -0.4 is 19.1 Å². The van der Waals surface area contributed by atoms with Gasteiger partial charge in [-0.2, -0.15) is 8.42 Å². The number of anilines is 1. The first-order chi connectivity index (χ1) is 15.2. The Labute approximate surface area is 184 Å². The maximum atomic E-state index is 12.3. The normalized spacial score (nSPS) is 14.9. The number of benzene rings is 2. The summed E-state index contributed by atoms with van der Waals surface area (Å²) in [5, 5.41) is 12.0. The van der Waals surface area contributed by atoms with Gasteiger partial charge in [0.2, 0.25) is 11.8 Å². The molecule has 10 nitrogen and oxygen atoms in total. The standard InChI is InChI=1S/C21H21N3O7S/c1-14(25)22-17(21(27)30-2)10-16-8-9-18(24-12-20(26)23-32(24,28)29)19(11-16)31-13-15-6-4-3-5-7-15/h3-12,23,26H,13H2,1-2H3,(H,22,25). The van der Waals surface area contributed by atoms with E-state index in [1.807, 2.05) is 35.1 Å². The van der Waals surface area contributed by atoms with Gasteiger partial charge < -0.3 is 19.9 Å². The van der Waals surface area contributed by atoms with Crippen LogP contribution in [0.4, 0.5) is 5.69 Å². The molecule has 0 aliphatic carbocycles. The van der Waals surface area contributed by atoms with Crippen molar-refractivity contribution >= 4 is 33.8 Å². The number of aliphatic hydroxyl groups is 1. The van der Waals surface area contributed by atoms with Gasteiger partial charge in [0, 0.05) is 6.92 Å². The second-order valence-electron chi connectivity index (χ2n) is 6.65. The van der Waals surface area contributed by atoms with Crippen molar-refractivity contribution in [3.8, 4) is 5.75 Å². The quantitative estimate of drug-likeness (QED) is 0.425. The molecule has 32 heavy (non-hydrogen) atoms. The molecular weight excluding hydrogens is 438 g/mol. The van der Waals surface area contributed by atoms with Crippen molar-refractivity contribution in [1.29, 1.82) is 0 Å². The van der Waals surface area contributed by atoms with Gasteiger partial charge >= 0.3 is 16.2 Å². The van der Waals surface area contributed by atoms with Gasteiger partial charge in [-0.25, -0.2) is 13.8 Å². The molecule has 0 unspecified atom stereocenters. The van der Waals surface area contributed by atoms with Gasteiger partial charge in [0.25, 0.3) is 0 Å². The first kappa shape index (κ1) is 22.7. The molecule has 0 spiro atoms. The zero-order chi connectivity index (χ0) is 23.3. The van der Waals surface area contributed by atoms with Crippen molar-refractivity contribution in [2.24, 2.45) is 0 Å². The summed E-state index contributed by atoms with van der Waals surface area (Å²) in [7, 11) is -2.87. The number of esters is 1. The fourth-order valence-electron chi connectivity index (χ4n) is 2.85. The molecule has 168 valence electrons. The van der Waals surface area contributed by atoms with E-state index in [9.17, 15) is 23.1 Å². The number of carbonyl (C=O) groups excluding carboxylic acids is 2. The molecule has 3 rings (SSSR count). The van der Waals surface area contributed by atoms with E-state index >= 15 is 0 Å². The molecule has 2 aromatic rings. The number of hydrogen-bond acceptors (Lipinski definition) is 7. The molecule has 0 bridgehead atoms. The molecule has 1 heterocycles. The van der Waals surface area contributed by atoms with Crippen LogP contribution in [0.25, 0.3) is 6.08 Å². The minimum Gasteiger partial charge on any atom is -0.493 e. The summed E-state index contributed by atoms with van der Waals surface area (Å²) < 4.78 is 38.0. The van der Waals surface area contributed by atoms with Crippen LogP contribution in [0.1, 0.15) is 18.1 Å². The molecule has 0 saturated heterocycles. The van der Waals surface area contributed by atoms with E-state index in [-0.39, 0.29) is 23.7 Å². The Morgan fingerprint density at radius 3 is 2.50 bits per heavy atom. The van der Waals surface area contributed by atoms with E-state index < -0.39 is 28.0 Å².